The van der Waals surface area contributed by atoms with Gasteiger partial charge in [-0.1, -0.05) is 18.0 Å². The molecule has 19 heavy (non-hydrogen) atoms. The second kappa shape index (κ2) is 8.48. The van der Waals surface area contributed by atoms with E-state index in [1.807, 2.05) is 25.6 Å². The van der Waals surface area contributed by atoms with Gasteiger partial charge < -0.3 is 5.32 Å². The van der Waals surface area contributed by atoms with E-state index in [2.05, 4.69) is 16.7 Å². The summed E-state index contributed by atoms with van der Waals surface area (Å²) in [5.41, 5.74) is 0.400. The fraction of sp³-hybridized carbons (Fsp3) is 0.692. The maximum Gasteiger partial charge on any atom is 0.287 e. The number of rotatable bonds is 8. The third-order valence-corrected chi connectivity index (χ3v) is 3.84. The molecule has 0 amide bonds. The lowest BCUT2D eigenvalue weighted by Gasteiger charge is -2.12. The molecule has 1 aromatic rings. The van der Waals surface area contributed by atoms with Crippen molar-refractivity contribution in [2.24, 2.45) is 0 Å². The van der Waals surface area contributed by atoms with Crippen molar-refractivity contribution in [3.05, 3.63) is 21.6 Å². The van der Waals surface area contributed by atoms with Gasteiger partial charge in [0.05, 0.1) is 17.9 Å². The van der Waals surface area contributed by atoms with Crippen LogP contribution >= 0.6 is 23.4 Å². The minimum absolute atomic E-state index is 0.0191. The van der Waals surface area contributed by atoms with E-state index in [1.54, 1.807) is 6.20 Å². The van der Waals surface area contributed by atoms with Gasteiger partial charge in [0.2, 0.25) is 0 Å². The summed E-state index contributed by atoms with van der Waals surface area (Å²) < 4.78 is 1.39. The van der Waals surface area contributed by atoms with Gasteiger partial charge in [0.25, 0.3) is 5.56 Å². The smallest absolute Gasteiger partial charge is 0.287 e. The number of unbranched alkanes of at least 4 members (excludes halogenated alkanes) is 2. The SMILES string of the molecule is CSCCCCCNc1cnn(C(C)C)c(=O)c1Cl. The van der Waals surface area contributed by atoms with Gasteiger partial charge in [0, 0.05) is 6.54 Å². The molecule has 0 atom stereocenters. The zero-order valence-corrected chi connectivity index (χ0v) is 13.4. The quantitative estimate of drug-likeness (QED) is 0.748. The maximum absolute atomic E-state index is 11.9. The Morgan fingerprint density at radius 2 is 2.16 bits per heavy atom. The summed E-state index contributed by atoms with van der Waals surface area (Å²) >= 11 is 7.93. The van der Waals surface area contributed by atoms with Gasteiger partial charge in [-0.2, -0.15) is 16.9 Å². The van der Waals surface area contributed by atoms with Gasteiger partial charge in [-0.15, -0.1) is 0 Å². The summed E-state index contributed by atoms with van der Waals surface area (Å²) in [5, 5.41) is 7.53. The minimum atomic E-state index is -0.232. The Kier molecular flexibility index (Phi) is 7.31. The molecule has 0 saturated heterocycles. The molecule has 0 aliphatic heterocycles. The Labute approximate surface area is 123 Å². The van der Waals surface area contributed by atoms with E-state index < -0.39 is 0 Å². The second-order valence-corrected chi connectivity index (χ2v) is 6.06. The number of nitrogens with one attached hydrogen (secondary N) is 1. The Morgan fingerprint density at radius 3 is 2.79 bits per heavy atom. The van der Waals surface area contributed by atoms with Gasteiger partial charge in [-0.3, -0.25) is 4.79 Å². The van der Waals surface area contributed by atoms with Crippen molar-refractivity contribution in [1.82, 2.24) is 9.78 Å². The molecule has 1 rings (SSSR count). The van der Waals surface area contributed by atoms with Gasteiger partial charge in [-0.25, -0.2) is 4.68 Å². The molecule has 0 aliphatic carbocycles. The Bertz CT molecular complexity index is 448. The topological polar surface area (TPSA) is 46.9 Å². The van der Waals surface area contributed by atoms with Gasteiger partial charge in [0.1, 0.15) is 5.02 Å². The fourth-order valence-corrected chi connectivity index (χ4v) is 2.40. The summed E-state index contributed by atoms with van der Waals surface area (Å²) in [7, 11) is 0. The molecule has 4 nitrogen and oxygen atoms in total. The summed E-state index contributed by atoms with van der Waals surface area (Å²) in [6.45, 7) is 4.63. The summed E-state index contributed by atoms with van der Waals surface area (Å²) in [5.74, 6) is 1.20. The number of anilines is 1. The van der Waals surface area contributed by atoms with Crippen molar-refractivity contribution in [3.8, 4) is 0 Å². The number of aromatic nitrogens is 2. The zero-order chi connectivity index (χ0) is 14.3. The number of hydrogen-bond acceptors (Lipinski definition) is 4. The average Bonchev–Trinajstić information content (AvgIpc) is 2.38. The molecule has 0 radical (unpaired) electrons. The predicted molar refractivity (Wildman–Crippen MR) is 84.6 cm³/mol. The fourth-order valence-electron chi connectivity index (χ4n) is 1.71. The van der Waals surface area contributed by atoms with Crippen LogP contribution in [0.1, 0.15) is 39.2 Å². The number of thioether (sulfide) groups is 1. The first-order chi connectivity index (χ1) is 9.07. The largest absolute Gasteiger partial charge is 0.382 e. The van der Waals surface area contributed by atoms with E-state index in [0.717, 1.165) is 13.0 Å². The van der Waals surface area contributed by atoms with Gasteiger partial charge >= 0.3 is 0 Å². The second-order valence-electron chi connectivity index (χ2n) is 4.70. The number of nitrogens with zero attached hydrogens (tertiary/aromatic N) is 2. The third-order valence-electron chi connectivity index (χ3n) is 2.77. The lowest BCUT2D eigenvalue weighted by Crippen LogP contribution is -2.25. The van der Waals surface area contributed by atoms with Crippen molar-refractivity contribution in [2.75, 3.05) is 23.9 Å². The molecule has 0 saturated carbocycles. The standard InChI is InChI=1S/C13H22ClN3OS/c1-10(2)17-13(18)12(14)11(9-16-17)15-7-5-4-6-8-19-3/h9-10,15H,4-8H2,1-3H3. The van der Waals surface area contributed by atoms with Crippen LogP contribution in [0.3, 0.4) is 0 Å². The lowest BCUT2D eigenvalue weighted by atomic mass is 10.2. The highest BCUT2D eigenvalue weighted by Gasteiger charge is 2.10. The lowest BCUT2D eigenvalue weighted by molar-refractivity contribution is 0.503. The van der Waals surface area contributed by atoms with Crippen molar-refractivity contribution >= 4 is 29.1 Å². The van der Waals surface area contributed by atoms with Crippen LogP contribution in [-0.4, -0.2) is 28.3 Å². The van der Waals surface area contributed by atoms with Crippen molar-refractivity contribution < 1.29 is 0 Å². The number of halogens is 1. The molecule has 6 heteroatoms. The zero-order valence-electron chi connectivity index (χ0n) is 11.8. The van der Waals surface area contributed by atoms with E-state index in [9.17, 15) is 4.79 Å². The van der Waals surface area contributed by atoms with Gasteiger partial charge in [0.15, 0.2) is 0 Å². The first-order valence-electron chi connectivity index (χ1n) is 6.58. The predicted octanol–water partition coefficient (Wildman–Crippen LogP) is 3.42. The van der Waals surface area contributed by atoms with E-state index in [-0.39, 0.29) is 16.6 Å². The first kappa shape index (κ1) is 16.4. The van der Waals surface area contributed by atoms with E-state index >= 15 is 0 Å². The van der Waals surface area contributed by atoms with Crippen molar-refractivity contribution in [3.63, 3.8) is 0 Å². The van der Waals surface area contributed by atoms with E-state index in [1.165, 1.54) is 23.3 Å². The Hall–Kier alpha value is -0.680. The molecule has 0 unspecified atom stereocenters. The molecule has 0 fully saturated rings. The van der Waals surface area contributed by atoms with E-state index in [4.69, 9.17) is 11.6 Å². The highest BCUT2D eigenvalue weighted by atomic mass is 35.5. The number of hydrogen-bond donors (Lipinski definition) is 1. The molecule has 0 bridgehead atoms. The Morgan fingerprint density at radius 1 is 1.42 bits per heavy atom. The molecule has 1 aromatic heterocycles. The molecule has 108 valence electrons. The molecule has 1 N–H and O–H groups in total. The molecule has 0 aromatic carbocycles. The van der Waals surface area contributed by atoms with Crippen molar-refractivity contribution in [2.45, 2.75) is 39.2 Å². The van der Waals surface area contributed by atoms with Crippen LogP contribution in [0, 0.1) is 0 Å². The Balaban J connectivity index is 2.51. The van der Waals surface area contributed by atoms with E-state index in [0.29, 0.717) is 5.69 Å². The third kappa shape index (κ3) is 5.07. The molecule has 0 spiro atoms. The first-order valence-corrected chi connectivity index (χ1v) is 8.35. The monoisotopic (exact) mass is 303 g/mol. The molecular weight excluding hydrogens is 282 g/mol. The molecule has 0 aliphatic rings. The van der Waals surface area contributed by atoms with Crippen LogP contribution in [0.4, 0.5) is 5.69 Å². The summed E-state index contributed by atoms with van der Waals surface area (Å²) in [4.78, 5) is 11.9. The van der Waals surface area contributed by atoms with Crippen LogP contribution in [0.25, 0.3) is 0 Å². The van der Waals surface area contributed by atoms with Crippen LogP contribution in [0.15, 0.2) is 11.0 Å². The highest BCUT2D eigenvalue weighted by Crippen LogP contribution is 2.16. The van der Waals surface area contributed by atoms with Gasteiger partial charge in [-0.05, 0) is 38.7 Å². The highest BCUT2D eigenvalue weighted by molar-refractivity contribution is 7.98. The molecular formula is C13H22ClN3OS. The minimum Gasteiger partial charge on any atom is -0.382 e. The average molecular weight is 304 g/mol. The van der Waals surface area contributed by atoms with Crippen LogP contribution in [0.2, 0.25) is 5.02 Å². The summed E-state index contributed by atoms with van der Waals surface area (Å²) in [6, 6.07) is 0.0191. The maximum atomic E-state index is 11.9. The van der Waals surface area contributed by atoms with Crippen LogP contribution < -0.4 is 10.9 Å². The normalized spacial score (nSPS) is 11.0. The van der Waals surface area contributed by atoms with Crippen LogP contribution in [-0.2, 0) is 0 Å². The van der Waals surface area contributed by atoms with Crippen LogP contribution in [0.5, 0.6) is 0 Å². The summed E-state index contributed by atoms with van der Waals surface area (Å²) in [6.07, 6.45) is 7.23. The molecule has 1 heterocycles. The van der Waals surface area contributed by atoms with Crippen molar-refractivity contribution in [1.29, 1.82) is 0 Å².